The Labute approximate surface area is 105 Å². The Balaban J connectivity index is 2.33. The van der Waals surface area contributed by atoms with Gasteiger partial charge in [0.05, 0.1) is 5.69 Å². The van der Waals surface area contributed by atoms with Crippen molar-refractivity contribution in [1.82, 2.24) is 9.78 Å². The third kappa shape index (κ3) is 2.45. The molecular weight excluding hydrogens is 233 g/mol. The second-order valence-electron chi connectivity index (χ2n) is 4.09. The minimum Gasteiger partial charge on any atom is -0.437 e. The fourth-order valence-electron chi connectivity index (χ4n) is 1.69. The van der Waals surface area contributed by atoms with Gasteiger partial charge in [0.25, 0.3) is 0 Å². The maximum absolute atomic E-state index is 13.1. The highest BCUT2D eigenvalue weighted by Crippen LogP contribution is 2.30. The molecule has 0 unspecified atom stereocenters. The van der Waals surface area contributed by atoms with Crippen molar-refractivity contribution >= 4 is 5.69 Å². The van der Waals surface area contributed by atoms with Gasteiger partial charge in [0, 0.05) is 12.6 Å². The normalized spacial score (nSPS) is 10.6. The van der Waals surface area contributed by atoms with E-state index < -0.39 is 0 Å². The topological polar surface area (TPSA) is 53.1 Å². The molecule has 0 atom stereocenters. The minimum atomic E-state index is -0.343. The Bertz CT molecular complexity index is 551. The summed E-state index contributed by atoms with van der Waals surface area (Å²) in [5.74, 6) is 0.545. The van der Waals surface area contributed by atoms with Gasteiger partial charge in [0.1, 0.15) is 17.3 Å². The van der Waals surface area contributed by atoms with Crippen molar-refractivity contribution < 1.29 is 9.13 Å². The lowest BCUT2D eigenvalue weighted by Crippen LogP contribution is -2.02. The van der Waals surface area contributed by atoms with Crippen LogP contribution in [0.15, 0.2) is 24.3 Å². The van der Waals surface area contributed by atoms with Crippen molar-refractivity contribution in [2.45, 2.75) is 26.8 Å². The Kier molecular flexibility index (Phi) is 3.50. The highest BCUT2D eigenvalue weighted by Gasteiger charge is 2.14. The Morgan fingerprint density at radius 1 is 1.44 bits per heavy atom. The van der Waals surface area contributed by atoms with Crippen molar-refractivity contribution in [3.63, 3.8) is 0 Å². The fourth-order valence-corrected chi connectivity index (χ4v) is 1.69. The number of nitrogen functional groups attached to an aromatic ring is 1. The average Bonchev–Trinajstić information content (AvgIpc) is 2.58. The van der Waals surface area contributed by atoms with Crippen LogP contribution in [0, 0.1) is 12.7 Å². The number of aromatic nitrogens is 2. The predicted molar refractivity (Wildman–Crippen MR) is 68.1 cm³/mol. The first-order valence-corrected chi connectivity index (χ1v) is 5.88. The summed E-state index contributed by atoms with van der Waals surface area (Å²) in [5.41, 5.74) is 7.13. The molecule has 0 saturated heterocycles. The van der Waals surface area contributed by atoms with Crippen molar-refractivity contribution in [1.29, 1.82) is 0 Å². The molecule has 4 nitrogen and oxygen atoms in total. The molecule has 0 amide bonds. The fraction of sp³-hybridized carbons (Fsp3) is 0.308. The summed E-state index contributed by atoms with van der Waals surface area (Å²) < 4.78 is 20.4. The molecule has 0 aliphatic heterocycles. The number of rotatable bonds is 4. The van der Waals surface area contributed by atoms with Gasteiger partial charge in [-0.25, -0.2) is 9.07 Å². The van der Waals surface area contributed by atoms with E-state index in [1.165, 1.54) is 12.1 Å². The molecule has 2 N–H and O–H groups in total. The number of hydrogen-bond acceptors (Lipinski definition) is 3. The molecule has 18 heavy (non-hydrogen) atoms. The van der Waals surface area contributed by atoms with Crippen LogP contribution >= 0.6 is 0 Å². The summed E-state index contributed by atoms with van der Waals surface area (Å²) in [7, 11) is 0. The maximum atomic E-state index is 13.1. The first-order valence-electron chi connectivity index (χ1n) is 5.88. The van der Waals surface area contributed by atoms with E-state index in [-0.39, 0.29) is 5.82 Å². The van der Waals surface area contributed by atoms with Gasteiger partial charge in [-0.2, -0.15) is 5.10 Å². The van der Waals surface area contributed by atoms with Gasteiger partial charge in [0.15, 0.2) is 0 Å². The van der Waals surface area contributed by atoms with Crippen LogP contribution in [0.1, 0.15) is 19.0 Å². The monoisotopic (exact) mass is 249 g/mol. The maximum Gasteiger partial charge on any atom is 0.241 e. The molecule has 96 valence electrons. The lowest BCUT2D eigenvalue weighted by molar-refractivity contribution is 0.408. The average molecular weight is 249 g/mol. The largest absolute Gasteiger partial charge is 0.437 e. The van der Waals surface area contributed by atoms with Crippen LogP contribution in [0.25, 0.3) is 0 Å². The molecule has 1 aromatic carbocycles. The van der Waals surface area contributed by atoms with E-state index in [0.29, 0.717) is 23.9 Å². The molecule has 0 aliphatic rings. The Morgan fingerprint density at radius 2 is 2.22 bits per heavy atom. The molecule has 0 radical (unpaired) electrons. The standard InChI is InChI=1S/C13H16FN3O/c1-3-7-17-13(12(15)9(2)16-17)18-11-6-4-5-10(14)8-11/h4-6,8H,3,7,15H2,1-2H3. The second-order valence-corrected chi connectivity index (χ2v) is 4.09. The van der Waals surface area contributed by atoms with E-state index in [1.807, 2.05) is 13.8 Å². The number of benzene rings is 1. The molecule has 0 fully saturated rings. The lowest BCUT2D eigenvalue weighted by atomic mass is 10.3. The van der Waals surface area contributed by atoms with Gasteiger partial charge in [-0.3, -0.25) is 0 Å². The van der Waals surface area contributed by atoms with Crippen LogP contribution in [-0.2, 0) is 6.54 Å². The third-order valence-electron chi connectivity index (χ3n) is 2.57. The molecule has 0 aliphatic carbocycles. The van der Waals surface area contributed by atoms with Crippen LogP contribution in [0.3, 0.4) is 0 Å². The van der Waals surface area contributed by atoms with Gasteiger partial charge in [-0.1, -0.05) is 13.0 Å². The van der Waals surface area contributed by atoms with E-state index in [1.54, 1.807) is 16.8 Å². The molecule has 5 heteroatoms. The van der Waals surface area contributed by atoms with Crippen LogP contribution in [0.2, 0.25) is 0 Å². The highest BCUT2D eigenvalue weighted by atomic mass is 19.1. The Hall–Kier alpha value is -2.04. The molecule has 1 heterocycles. The summed E-state index contributed by atoms with van der Waals surface area (Å²) in [6.07, 6.45) is 0.917. The van der Waals surface area contributed by atoms with Crippen molar-refractivity contribution in [3.8, 4) is 11.6 Å². The van der Waals surface area contributed by atoms with Gasteiger partial charge in [-0.15, -0.1) is 0 Å². The molecule has 0 saturated carbocycles. The summed E-state index contributed by atoms with van der Waals surface area (Å²) in [5, 5.41) is 4.29. The number of anilines is 1. The summed E-state index contributed by atoms with van der Waals surface area (Å²) in [6.45, 7) is 4.57. The number of nitrogens with zero attached hydrogens (tertiary/aromatic N) is 2. The first-order chi connectivity index (χ1) is 8.61. The van der Waals surface area contributed by atoms with Gasteiger partial charge >= 0.3 is 0 Å². The van der Waals surface area contributed by atoms with Crippen molar-refractivity contribution in [2.24, 2.45) is 0 Å². The molecule has 0 spiro atoms. The molecular formula is C13H16FN3O. The van der Waals surface area contributed by atoms with E-state index in [4.69, 9.17) is 10.5 Å². The third-order valence-corrected chi connectivity index (χ3v) is 2.57. The Morgan fingerprint density at radius 3 is 2.89 bits per heavy atom. The highest BCUT2D eigenvalue weighted by molar-refractivity contribution is 5.53. The molecule has 2 aromatic rings. The van der Waals surface area contributed by atoms with Gasteiger partial charge in [-0.05, 0) is 25.5 Å². The lowest BCUT2D eigenvalue weighted by Gasteiger charge is -2.08. The summed E-state index contributed by atoms with van der Waals surface area (Å²) >= 11 is 0. The van der Waals surface area contributed by atoms with Gasteiger partial charge in [0.2, 0.25) is 5.88 Å². The summed E-state index contributed by atoms with van der Waals surface area (Å²) in [4.78, 5) is 0. The van der Waals surface area contributed by atoms with Crippen LogP contribution in [-0.4, -0.2) is 9.78 Å². The number of nitrogens with two attached hydrogens (primary N) is 1. The molecule has 0 bridgehead atoms. The van der Waals surface area contributed by atoms with E-state index in [9.17, 15) is 4.39 Å². The molecule has 1 aromatic heterocycles. The SMILES string of the molecule is CCCn1nc(C)c(N)c1Oc1cccc(F)c1. The quantitative estimate of drug-likeness (QED) is 0.905. The number of ether oxygens (including phenoxy) is 1. The van der Waals surface area contributed by atoms with E-state index in [0.717, 1.165) is 12.1 Å². The number of aryl methyl sites for hydroxylation is 2. The first kappa shape index (κ1) is 12.4. The van der Waals surface area contributed by atoms with Crippen molar-refractivity contribution in [3.05, 3.63) is 35.8 Å². The van der Waals surface area contributed by atoms with Gasteiger partial charge < -0.3 is 10.5 Å². The van der Waals surface area contributed by atoms with Crippen LogP contribution in [0.4, 0.5) is 10.1 Å². The summed E-state index contributed by atoms with van der Waals surface area (Å²) in [6, 6.07) is 5.96. The minimum absolute atomic E-state index is 0.343. The smallest absolute Gasteiger partial charge is 0.241 e. The zero-order chi connectivity index (χ0) is 13.1. The number of hydrogen-bond donors (Lipinski definition) is 1. The second kappa shape index (κ2) is 5.08. The van der Waals surface area contributed by atoms with Crippen LogP contribution < -0.4 is 10.5 Å². The van der Waals surface area contributed by atoms with E-state index >= 15 is 0 Å². The molecule has 2 rings (SSSR count). The van der Waals surface area contributed by atoms with Crippen molar-refractivity contribution in [2.75, 3.05) is 5.73 Å². The predicted octanol–water partition coefficient (Wildman–Crippen LogP) is 3.12. The number of halogens is 1. The zero-order valence-corrected chi connectivity index (χ0v) is 10.5. The van der Waals surface area contributed by atoms with Crippen LogP contribution in [0.5, 0.6) is 11.6 Å². The van der Waals surface area contributed by atoms with E-state index in [2.05, 4.69) is 5.10 Å². The zero-order valence-electron chi connectivity index (χ0n) is 10.5.